The van der Waals surface area contributed by atoms with Crippen molar-refractivity contribution in [2.45, 2.75) is 32.9 Å². The van der Waals surface area contributed by atoms with E-state index in [1.54, 1.807) is 36.4 Å². The molecule has 2 aromatic rings. The minimum Gasteiger partial charge on any atom is -0.493 e. The Hall–Kier alpha value is -4.02. The topological polar surface area (TPSA) is 107 Å². The Kier molecular flexibility index (Phi) is 8.34. The molecule has 0 bridgehead atoms. The molecule has 2 aromatic carbocycles. The zero-order valence-electron chi connectivity index (χ0n) is 19.4. The second-order valence-corrected chi connectivity index (χ2v) is 7.63. The van der Waals surface area contributed by atoms with Crippen molar-refractivity contribution in [3.8, 4) is 11.5 Å². The number of methoxy groups -OCH3 is 2. The molecule has 186 valence electrons. The van der Waals surface area contributed by atoms with Crippen LogP contribution in [0.15, 0.2) is 47.6 Å². The van der Waals surface area contributed by atoms with E-state index in [1.807, 2.05) is 6.92 Å². The van der Waals surface area contributed by atoms with E-state index in [0.29, 0.717) is 23.4 Å². The van der Waals surface area contributed by atoms with Crippen LogP contribution < -0.4 is 14.8 Å². The van der Waals surface area contributed by atoms with E-state index in [9.17, 15) is 23.2 Å². The molecule has 35 heavy (non-hydrogen) atoms. The molecule has 0 fully saturated rings. The molecule has 1 heterocycles. The zero-order valence-corrected chi connectivity index (χ0v) is 19.4. The fourth-order valence-corrected chi connectivity index (χ4v) is 3.60. The summed E-state index contributed by atoms with van der Waals surface area (Å²) in [5.74, 6) is -2.18. The summed E-state index contributed by atoms with van der Waals surface area (Å²) in [5.41, 5.74) is 2.40. The maximum absolute atomic E-state index is 12.7. The zero-order chi connectivity index (χ0) is 25.5. The number of esters is 1. The molecule has 3 rings (SSSR count). The molecular weight excluding hydrogens is 464 g/mol. The summed E-state index contributed by atoms with van der Waals surface area (Å²) < 4.78 is 39.4. The minimum absolute atomic E-state index is 0.0944. The first-order valence-electron chi connectivity index (χ1n) is 10.8. The molecule has 1 unspecified atom stereocenters. The Morgan fingerprint density at radius 1 is 1.14 bits per heavy atom. The quantitative estimate of drug-likeness (QED) is 0.449. The molecule has 2 amide bonds. The van der Waals surface area contributed by atoms with Gasteiger partial charge in [0.2, 0.25) is 5.91 Å². The lowest BCUT2D eigenvalue weighted by Crippen LogP contribution is -2.36. The van der Waals surface area contributed by atoms with Crippen molar-refractivity contribution in [3.05, 3.63) is 53.6 Å². The van der Waals surface area contributed by atoms with Crippen molar-refractivity contribution in [2.75, 3.05) is 19.5 Å². The first-order valence-corrected chi connectivity index (χ1v) is 10.8. The molecule has 0 saturated carbocycles. The molecule has 1 N–H and O–H groups in total. The van der Waals surface area contributed by atoms with E-state index >= 15 is 0 Å². The number of alkyl halides is 2. The number of nitrogens with zero attached hydrogens (tertiary/aromatic N) is 2. The lowest BCUT2D eigenvalue weighted by Gasteiger charge is -2.29. The minimum atomic E-state index is -2.99. The maximum Gasteiger partial charge on any atom is 0.396 e. The second-order valence-electron chi connectivity index (χ2n) is 7.63. The predicted octanol–water partition coefficient (Wildman–Crippen LogP) is 3.57. The standard InChI is InChI=1S/C24H25F2N3O6/c1-4-15-12-20(30)29(13-14-5-8-17(9-6-14)27-22(31)23(32)34-3)28-21(15)16-7-10-18(35-24(25)26)19(11-16)33-2/h5-11,15,24H,4,12-13H2,1-3H3,(H,27,31). The SMILES string of the molecule is CCC1CC(=O)N(Cc2ccc(NC(=O)C(=O)OC)cc2)N=C1c1ccc(OC(F)F)c(OC)c1. The number of hydrogen-bond acceptors (Lipinski definition) is 7. The molecule has 1 atom stereocenters. The van der Waals surface area contributed by atoms with E-state index in [4.69, 9.17) is 4.74 Å². The Balaban J connectivity index is 1.82. The van der Waals surface area contributed by atoms with Gasteiger partial charge >= 0.3 is 18.5 Å². The smallest absolute Gasteiger partial charge is 0.396 e. The Labute approximate surface area is 200 Å². The lowest BCUT2D eigenvalue weighted by molar-refractivity contribution is -0.150. The van der Waals surface area contributed by atoms with Crippen LogP contribution in [-0.4, -0.2) is 49.3 Å². The van der Waals surface area contributed by atoms with Gasteiger partial charge in [0, 0.05) is 23.6 Å². The Morgan fingerprint density at radius 2 is 1.86 bits per heavy atom. The summed E-state index contributed by atoms with van der Waals surface area (Å²) in [6, 6.07) is 11.1. The lowest BCUT2D eigenvalue weighted by atomic mass is 9.89. The van der Waals surface area contributed by atoms with Crippen LogP contribution in [0.3, 0.4) is 0 Å². The first-order chi connectivity index (χ1) is 16.7. The molecule has 0 radical (unpaired) electrons. The summed E-state index contributed by atoms with van der Waals surface area (Å²) >= 11 is 0. The van der Waals surface area contributed by atoms with Crippen LogP contribution in [0.4, 0.5) is 14.5 Å². The van der Waals surface area contributed by atoms with Crippen molar-refractivity contribution in [1.29, 1.82) is 0 Å². The highest BCUT2D eigenvalue weighted by molar-refractivity contribution is 6.37. The largest absolute Gasteiger partial charge is 0.493 e. The summed E-state index contributed by atoms with van der Waals surface area (Å²) in [5, 5.41) is 8.33. The summed E-state index contributed by atoms with van der Waals surface area (Å²) in [4.78, 5) is 35.6. The molecule has 0 spiro atoms. The maximum atomic E-state index is 12.7. The number of carbonyl (C=O) groups is 3. The first kappa shape index (κ1) is 25.6. The number of carbonyl (C=O) groups excluding carboxylic acids is 3. The van der Waals surface area contributed by atoms with Crippen LogP contribution >= 0.6 is 0 Å². The van der Waals surface area contributed by atoms with Gasteiger partial charge in [-0.15, -0.1) is 0 Å². The molecule has 0 aromatic heterocycles. The van der Waals surface area contributed by atoms with Gasteiger partial charge in [0.15, 0.2) is 11.5 Å². The van der Waals surface area contributed by atoms with Gasteiger partial charge in [0.25, 0.3) is 0 Å². The van der Waals surface area contributed by atoms with Crippen LogP contribution in [0.1, 0.15) is 30.9 Å². The molecule has 9 nitrogen and oxygen atoms in total. The van der Waals surface area contributed by atoms with Crippen LogP contribution in [0.5, 0.6) is 11.5 Å². The fourth-order valence-electron chi connectivity index (χ4n) is 3.60. The average molecular weight is 489 g/mol. The highest BCUT2D eigenvalue weighted by Crippen LogP contribution is 2.33. The third kappa shape index (κ3) is 6.31. The molecule has 1 aliphatic heterocycles. The van der Waals surface area contributed by atoms with Crippen LogP contribution in [-0.2, 0) is 25.7 Å². The van der Waals surface area contributed by atoms with E-state index in [0.717, 1.165) is 12.7 Å². The van der Waals surface area contributed by atoms with Gasteiger partial charge < -0.3 is 19.5 Å². The number of nitrogens with one attached hydrogen (secondary N) is 1. The third-order valence-electron chi connectivity index (χ3n) is 5.41. The summed E-state index contributed by atoms with van der Waals surface area (Å²) in [6.45, 7) is -0.873. The van der Waals surface area contributed by atoms with Crippen molar-refractivity contribution in [2.24, 2.45) is 11.0 Å². The number of rotatable bonds is 8. The van der Waals surface area contributed by atoms with E-state index in [2.05, 4.69) is 19.9 Å². The van der Waals surface area contributed by atoms with Crippen molar-refractivity contribution in [3.63, 3.8) is 0 Å². The summed E-state index contributed by atoms with van der Waals surface area (Å²) in [6.07, 6.45) is 0.894. The van der Waals surface area contributed by atoms with Crippen LogP contribution in [0.2, 0.25) is 0 Å². The number of hydrazone groups is 1. The summed E-state index contributed by atoms with van der Waals surface area (Å²) in [7, 11) is 2.46. The van der Waals surface area contributed by atoms with Gasteiger partial charge in [-0.2, -0.15) is 13.9 Å². The average Bonchev–Trinajstić information content (AvgIpc) is 2.85. The normalized spacial score (nSPS) is 15.5. The highest BCUT2D eigenvalue weighted by atomic mass is 19.3. The van der Waals surface area contributed by atoms with E-state index < -0.39 is 18.5 Å². The predicted molar refractivity (Wildman–Crippen MR) is 122 cm³/mol. The van der Waals surface area contributed by atoms with Gasteiger partial charge in [-0.05, 0) is 42.3 Å². The number of benzene rings is 2. The van der Waals surface area contributed by atoms with Gasteiger partial charge in [0.05, 0.1) is 26.5 Å². The van der Waals surface area contributed by atoms with Crippen LogP contribution in [0.25, 0.3) is 0 Å². The van der Waals surface area contributed by atoms with Crippen LogP contribution in [0, 0.1) is 5.92 Å². The second kappa shape index (κ2) is 11.4. The Morgan fingerprint density at radius 3 is 2.46 bits per heavy atom. The number of amides is 2. The molecular formula is C24H25F2N3O6. The molecule has 0 saturated heterocycles. The number of halogens is 2. The van der Waals surface area contributed by atoms with Crippen molar-refractivity contribution < 1.29 is 37.4 Å². The number of hydrogen-bond donors (Lipinski definition) is 1. The number of ether oxygens (including phenoxy) is 3. The van der Waals surface area contributed by atoms with Crippen molar-refractivity contribution >= 4 is 29.2 Å². The highest BCUT2D eigenvalue weighted by Gasteiger charge is 2.30. The van der Waals surface area contributed by atoms with E-state index in [-0.39, 0.29) is 36.3 Å². The van der Waals surface area contributed by atoms with Gasteiger partial charge in [-0.25, -0.2) is 9.80 Å². The third-order valence-corrected chi connectivity index (χ3v) is 5.41. The number of anilines is 1. The molecule has 1 aliphatic rings. The monoisotopic (exact) mass is 489 g/mol. The van der Waals surface area contributed by atoms with Crippen molar-refractivity contribution in [1.82, 2.24) is 5.01 Å². The van der Waals surface area contributed by atoms with Gasteiger partial charge in [0.1, 0.15) is 0 Å². The van der Waals surface area contributed by atoms with Gasteiger partial charge in [-0.1, -0.05) is 19.1 Å². The van der Waals surface area contributed by atoms with Gasteiger partial charge in [-0.3, -0.25) is 9.59 Å². The van der Waals surface area contributed by atoms with E-state index in [1.165, 1.54) is 18.2 Å². The Bertz CT molecular complexity index is 1120. The molecule has 0 aliphatic carbocycles. The molecule has 11 heteroatoms. The fraction of sp³-hybridized carbons (Fsp3) is 0.333.